The van der Waals surface area contributed by atoms with Crippen molar-refractivity contribution in [3.05, 3.63) is 94.5 Å². The first kappa shape index (κ1) is 26.4. The molecule has 0 radical (unpaired) electrons. The van der Waals surface area contributed by atoms with E-state index in [4.69, 9.17) is 11.6 Å². The summed E-state index contributed by atoms with van der Waals surface area (Å²) in [6.45, 7) is 1.30. The number of halogens is 5. The van der Waals surface area contributed by atoms with Gasteiger partial charge in [-0.2, -0.15) is 13.2 Å². The van der Waals surface area contributed by atoms with Crippen molar-refractivity contribution in [1.82, 2.24) is 10.3 Å². The third-order valence-electron chi connectivity index (χ3n) is 5.29. The number of amides is 1. The standard InChI is InChI=1S/C23H20ClF4N3O3S/c1-14(15-9-10-20(19(25)12-15)31-35(2,33)34)21(32)30-22(23(26,27)28,16-6-5-11-29-13-16)17-7-3-4-8-18(17)24/h3-14,31H,1-2H3,(H,30,32). The first-order chi connectivity index (χ1) is 16.3. The SMILES string of the molecule is CC(C(=O)NC(c1cccnc1)(c1ccccc1Cl)C(F)(F)F)c1ccc(NS(C)(=O)=O)c(F)c1. The van der Waals surface area contributed by atoms with Crippen LogP contribution in [0.5, 0.6) is 0 Å². The molecular formula is C23H20ClF4N3O3S. The molecule has 0 fully saturated rings. The summed E-state index contributed by atoms with van der Waals surface area (Å²) in [4.78, 5) is 17.0. The zero-order valence-electron chi connectivity index (χ0n) is 18.4. The van der Waals surface area contributed by atoms with Crippen molar-refractivity contribution in [2.24, 2.45) is 0 Å². The predicted octanol–water partition coefficient (Wildman–Crippen LogP) is 4.97. The Bertz CT molecular complexity index is 1340. The fourth-order valence-corrected chi connectivity index (χ4v) is 4.40. The fourth-order valence-electron chi connectivity index (χ4n) is 3.56. The van der Waals surface area contributed by atoms with Crippen molar-refractivity contribution < 1.29 is 30.8 Å². The maximum absolute atomic E-state index is 14.8. The van der Waals surface area contributed by atoms with E-state index in [1.807, 2.05) is 4.72 Å². The number of benzene rings is 2. The molecule has 1 amide bonds. The van der Waals surface area contributed by atoms with E-state index in [9.17, 15) is 30.8 Å². The predicted molar refractivity (Wildman–Crippen MR) is 124 cm³/mol. The number of rotatable bonds is 7. The van der Waals surface area contributed by atoms with Crippen molar-refractivity contribution in [3.8, 4) is 0 Å². The first-order valence-corrected chi connectivity index (χ1v) is 12.3. The molecule has 1 aromatic heterocycles. The smallest absolute Gasteiger partial charge is 0.334 e. The van der Waals surface area contributed by atoms with Crippen LogP contribution >= 0.6 is 11.6 Å². The number of carbonyl (C=O) groups is 1. The van der Waals surface area contributed by atoms with E-state index in [0.717, 1.165) is 30.7 Å². The van der Waals surface area contributed by atoms with Crippen LogP contribution in [0.1, 0.15) is 29.5 Å². The average molecular weight is 530 g/mol. The first-order valence-electron chi connectivity index (χ1n) is 10.1. The summed E-state index contributed by atoms with van der Waals surface area (Å²) in [5, 5.41) is 1.86. The zero-order chi connectivity index (χ0) is 26.0. The van der Waals surface area contributed by atoms with Crippen LogP contribution in [0.2, 0.25) is 5.02 Å². The lowest BCUT2D eigenvalue weighted by Crippen LogP contribution is -2.57. The minimum Gasteiger partial charge on any atom is -0.334 e. The highest BCUT2D eigenvalue weighted by molar-refractivity contribution is 7.92. The highest BCUT2D eigenvalue weighted by Crippen LogP contribution is 2.46. The number of pyridine rings is 1. The van der Waals surface area contributed by atoms with Gasteiger partial charge in [0.15, 0.2) is 5.54 Å². The summed E-state index contributed by atoms with van der Waals surface area (Å²) in [7, 11) is -3.77. The summed E-state index contributed by atoms with van der Waals surface area (Å²) in [6.07, 6.45) is -1.95. The van der Waals surface area contributed by atoms with E-state index in [2.05, 4.69) is 10.3 Å². The molecule has 186 valence electrons. The molecule has 3 rings (SSSR count). The molecule has 0 saturated heterocycles. The number of carbonyl (C=O) groups excluding carboxylic acids is 1. The lowest BCUT2D eigenvalue weighted by molar-refractivity contribution is -0.190. The van der Waals surface area contributed by atoms with Gasteiger partial charge in [-0.15, -0.1) is 0 Å². The van der Waals surface area contributed by atoms with Crippen LogP contribution in [0.3, 0.4) is 0 Å². The Kier molecular flexibility index (Phi) is 7.42. The second-order valence-electron chi connectivity index (χ2n) is 7.79. The summed E-state index contributed by atoms with van der Waals surface area (Å²) in [5.41, 5.74) is -4.18. The monoisotopic (exact) mass is 529 g/mol. The quantitative estimate of drug-likeness (QED) is 0.423. The van der Waals surface area contributed by atoms with Crippen LogP contribution in [0.25, 0.3) is 0 Å². The molecule has 1 heterocycles. The van der Waals surface area contributed by atoms with E-state index >= 15 is 0 Å². The molecular weight excluding hydrogens is 510 g/mol. The van der Waals surface area contributed by atoms with Gasteiger partial charge in [0.2, 0.25) is 15.9 Å². The molecule has 35 heavy (non-hydrogen) atoms. The molecule has 2 atom stereocenters. The Hall–Kier alpha value is -3.18. The lowest BCUT2D eigenvalue weighted by Gasteiger charge is -2.38. The zero-order valence-corrected chi connectivity index (χ0v) is 20.0. The normalized spacial score (nSPS) is 14.6. The summed E-state index contributed by atoms with van der Waals surface area (Å²) in [5.74, 6) is -3.32. The molecule has 0 bridgehead atoms. The van der Waals surface area contributed by atoms with Crippen LogP contribution < -0.4 is 10.0 Å². The Balaban J connectivity index is 2.08. The molecule has 0 aliphatic heterocycles. The van der Waals surface area contributed by atoms with Gasteiger partial charge in [0, 0.05) is 28.5 Å². The van der Waals surface area contributed by atoms with Crippen LogP contribution in [0.15, 0.2) is 67.0 Å². The summed E-state index contributed by atoms with van der Waals surface area (Å²) >= 11 is 6.16. The maximum Gasteiger partial charge on any atom is 0.420 e. The van der Waals surface area contributed by atoms with Crippen molar-refractivity contribution in [3.63, 3.8) is 0 Å². The minimum atomic E-state index is -5.05. The topological polar surface area (TPSA) is 88.2 Å². The van der Waals surface area contributed by atoms with E-state index in [1.54, 1.807) is 0 Å². The van der Waals surface area contributed by atoms with Crippen molar-refractivity contribution in [1.29, 1.82) is 0 Å². The molecule has 2 unspecified atom stereocenters. The molecule has 2 aromatic carbocycles. The second-order valence-corrected chi connectivity index (χ2v) is 9.95. The Morgan fingerprint density at radius 3 is 2.31 bits per heavy atom. The third-order valence-corrected chi connectivity index (χ3v) is 6.21. The van der Waals surface area contributed by atoms with Gasteiger partial charge in [0.1, 0.15) is 5.82 Å². The van der Waals surface area contributed by atoms with Gasteiger partial charge in [-0.1, -0.05) is 41.9 Å². The van der Waals surface area contributed by atoms with E-state index in [1.165, 1.54) is 49.5 Å². The van der Waals surface area contributed by atoms with Crippen LogP contribution in [0.4, 0.5) is 23.2 Å². The van der Waals surface area contributed by atoms with Gasteiger partial charge >= 0.3 is 6.18 Å². The number of alkyl halides is 3. The number of hydrogen-bond acceptors (Lipinski definition) is 4. The molecule has 0 spiro atoms. The number of anilines is 1. The maximum atomic E-state index is 14.8. The van der Waals surface area contributed by atoms with Gasteiger partial charge in [0.25, 0.3) is 0 Å². The summed E-state index contributed by atoms with van der Waals surface area (Å²) < 4.78 is 83.6. The number of aromatic nitrogens is 1. The van der Waals surface area contributed by atoms with Gasteiger partial charge < -0.3 is 5.32 Å². The Labute approximate surface area is 204 Å². The molecule has 12 heteroatoms. The van der Waals surface area contributed by atoms with Gasteiger partial charge in [-0.05, 0) is 36.8 Å². The minimum absolute atomic E-state index is 0.0282. The van der Waals surface area contributed by atoms with Crippen LogP contribution in [-0.4, -0.2) is 31.7 Å². The van der Waals surface area contributed by atoms with Crippen molar-refractivity contribution >= 4 is 33.2 Å². The largest absolute Gasteiger partial charge is 0.420 e. The number of sulfonamides is 1. The lowest BCUT2D eigenvalue weighted by atomic mass is 9.81. The number of nitrogens with one attached hydrogen (secondary N) is 2. The summed E-state index contributed by atoms with van der Waals surface area (Å²) in [6, 6.07) is 10.9. The average Bonchev–Trinajstić information content (AvgIpc) is 2.77. The Morgan fingerprint density at radius 2 is 1.77 bits per heavy atom. The molecule has 3 aromatic rings. The highest BCUT2D eigenvalue weighted by Gasteiger charge is 2.59. The fraction of sp³-hybridized carbons (Fsp3) is 0.217. The van der Waals surface area contributed by atoms with Gasteiger partial charge in [0.05, 0.1) is 17.9 Å². The second kappa shape index (κ2) is 9.82. The van der Waals surface area contributed by atoms with Crippen LogP contribution in [-0.2, 0) is 20.4 Å². The van der Waals surface area contributed by atoms with Crippen LogP contribution in [0, 0.1) is 5.82 Å². The number of hydrogen-bond donors (Lipinski definition) is 2. The molecule has 2 N–H and O–H groups in total. The van der Waals surface area contributed by atoms with Gasteiger partial charge in [-0.25, -0.2) is 12.8 Å². The number of nitrogens with zero attached hydrogens (tertiary/aromatic N) is 1. The molecule has 6 nitrogen and oxygen atoms in total. The van der Waals surface area contributed by atoms with E-state index in [0.29, 0.717) is 0 Å². The van der Waals surface area contributed by atoms with Crippen molar-refractivity contribution in [2.75, 3.05) is 11.0 Å². The molecule has 0 aliphatic rings. The van der Waals surface area contributed by atoms with E-state index in [-0.39, 0.29) is 21.8 Å². The Morgan fingerprint density at radius 1 is 1.09 bits per heavy atom. The van der Waals surface area contributed by atoms with E-state index < -0.39 is 44.9 Å². The van der Waals surface area contributed by atoms with Gasteiger partial charge in [-0.3, -0.25) is 14.5 Å². The molecule has 0 saturated carbocycles. The van der Waals surface area contributed by atoms with Crippen molar-refractivity contribution in [2.45, 2.75) is 24.6 Å². The highest BCUT2D eigenvalue weighted by atomic mass is 35.5. The molecule has 0 aliphatic carbocycles. The third kappa shape index (κ3) is 5.57.